The van der Waals surface area contributed by atoms with Crippen LogP contribution in [0.2, 0.25) is 0 Å². The molecule has 0 amide bonds. The number of methoxy groups -OCH3 is 1. The molecule has 0 atom stereocenters. The van der Waals surface area contributed by atoms with Gasteiger partial charge in [-0.2, -0.15) is 0 Å². The molecular weight excluding hydrogens is 375 g/mol. The van der Waals surface area contributed by atoms with Crippen molar-refractivity contribution in [3.8, 4) is 5.75 Å². The average molecular weight is 396 g/mol. The molecule has 0 radical (unpaired) electrons. The first-order valence-electron chi connectivity index (χ1n) is 9.56. The van der Waals surface area contributed by atoms with Crippen LogP contribution in [0.5, 0.6) is 5.75 Å². The predicted molar refractivity (Wildman–Crippen MR) is 105 cm³/mol. The molecule has 3 aromatic rings. The molecule has 0 aliphatic heterocycles. The van der Waals surface area contributed by atoms with Crippen LogP contribution in [0.4, 0.5) is 4.39 Å². The molecule has 0 bridgehead atoms. The third-order valence-electron chi connectivity index (χ3n) is 5.62. The molecular formula is C23H21FO5. The Morgan fingerprint density at radius 2 is 1.93 bits per heavy atom. The zero-order chi connectivity index (χ0) is 20.4. The molecule has 0 spiro atoms. The second kappa shape index (κ2) is 7.70. The zero-order valence-electron chi connectivity index (χ0n) is 16.1. The maximum Gasteiger partial charge on any atom is 0.336 e. The van der Waals surface area contributed by atoms with Crippen molar-refractivity contribution in [3.05, 3.63) is 75.9 Å². The number of rotatable bonds is 5. The largest absolute Gasteiger partial charge is 0.497 e. The second-order valence-electron chi connectivity index (χ2n) is 7.33. The Labute approximate surface area is 167 Å². The number of carbonyl (C=O) groups is 1. The third-order valence-corrected chi connectivity index (χ3v) is 5.62. The monoisotopic (exact) mass is 396 g/mol. The van der Waals surface area contributed by atoms with Crippen molar-refractivity contribution in [2.75, 3.05) is 7.11 Å². The highest BCUT2D eigenvalue weighted by atomic mass is 19.1. The quantitative estimate of drug-likeness (QED) is 0.469. The van der Waals surface area contributed by atoms with E-state index in [1.807, 2.05) is 0 Å². The van der Waals surface area contributed by atoms with Crippen molar-refractivity contribution in [3.63, 3.8) is 0 Å². The fraction of sp³-hybridized carbons (Fsp3) is 0.304. The molecule has 1 fully saturated rings. The number of halogens is 1. The Hall–Kier alpha value is -3.15. The second-order valence-corrected chi connectivity index (χ2v) is 7.33. The number of fused-ring (bicyclic) bond motifs is 1. The van der Waals surface area contributed by atoms with Gasteiger partial charge in [0.05, 0.1) is 12.5 Å². The van der Waals surface area contributed by atoms with Crippen molar-refractivity contribution in [1.29, 1.82) is 0 Å². The van der Waals surface area contributed by atoms with Gasteiger partial charge in [0, 0.05) is 23.1 Å². The smallest absolute Gasteiger partial charge is 0.336 e. The summed E-state index contributed by atoms with van der Waals surface area (Å²) in [5.41, 5.74) is 0.184. The fourth-order valence-corrected chi connectivity index (χ4v) is 4.11. The first-order chi connectivity index (χ1) is 14.0. The Bertz CT molecular complexity index is 1110. The Morgan fingerprint density at radius 3 is 2.66 bits per heavy atom. The highest BCUT2D eigenvalue weighted by Gasteiger charge is 2.44. The van der Waals surface area contributed by atoms with Gasteiger partial charge in [-0.25, -0.2) is 9.18 Å². The lowest BCUT2D eigenvalue weighted by molar-refractivity contribution is -0.152. The average Bonchev–Trinajstić information content (AvgIpc) is 3.22. The van der Waals surface area contributed by atoms with Gasteiger partial charge in [0.15, 0.2) is 0 Å². The number of hydrogen-bond donors (Lipinski definition) is 0. The van der Waals surface area contributed by atoms with E-state index in [4.69, 9.17) is 13.9 Å². The molecule has 0 unspecified atom stereocenters. The van der Waals surface area contributed by atoms with E-state index in [0.29, 0.717) is 40.7 Å². The molecule has 2 aromatic carbocycles. The summed E-state index contributed by atoms with van der Waals surface area (Å²) >= 11 is 0. The van der Waals surface area contributed by atoms with E-state index in [-0.39, 0.29) is 12.4 Å². The van der Waals surface area contributed by atoms with Crippen LogP contribution in [0.3, 0.4) is 0 Å². The van der Waals surface area contributed by atoms with Crippen LogP contribution in [0.15, 0.2) is 57.7 Å². The van der Waals surface area contributed by atoms with Gasteiger partial charge in [-0.3, -0.25) is 4.79 Å². The molecule has 6 heteroatoms. The van der Waals surface area contributed by atoms with Gasteiger partial charge in [0.1, 0.15) is 23.8 Å². The van der Waals surface area contributed by atoms with Crippen LogP contribution in [0.1, 0.15) is 36.8 Å². The van der Waals surface area contributed by atoms with Crippen molar-refractivity contribution >= 4 is 16.9 Å². The minimum atomic E-state index is -0.847. The van der Waals surface area contributed by atoms with E-state index in [9.17, 15) is 14.0 Å². The maximum atomic E-state index is 13.8. The highest BCUT2D eigenvalue weighted by molar-refractivity contribution is 5.85. The lowest BCUT2D eigenvalue weighted by Crippen LogP contribution is -2.34. The summed E-state index contributed by atoms with van der Waals surface area (Å²) in [4.78, 5) is 25.0. The van der Waals surface area contributed by atoms with Crippen LogP contribution in [-0.4, -0.2) is 13.1 Å². The maximum absolute atomic E-state index is 13.8. The number of hydrogen-bond acceptors (Lipinski definition) is 5. The predicted octanol–water partition coefficient (Wildman–Crippen LogP) is 4.50. The molecule has 1 aliphatic rings. The molecule has 5 nitrogen and oxygen atoms in total. The van der Waals surface area contributed by atoms with Gasteiger partial charge in [-0.15, -0.1) is 0 Å². The van der Waals surface area contributed by atoms with Crippen LogP contribution in [-0.2, 0) is 21.6 Å². The molecule has 0 saturated heterocycles. The van der Waals surface area contributed by atoms with Gasteiger partial charge in [0.2, 0.25) is 0 Å². The van der Waals surface area contributed by atoms with Crippen LogP contribution in [0.25, 0.3) is 11.0 Å². The highest BCUT2D eigenvalue weighted by Crippen LogP contribution is 2.42. The van der Waals surface area contributed by atoms with Gasteiger partial charge in [-0.1, -0.05) is 25.0 Å². The fourth-order valence-electron chi connectivity index (χ4n) is 4.11. The first kappa shape index (κ1) is 19.2. The first-order valence-corrected chi connectivity index (χ1v) is 9.56. The van der Waals surface area contributed by atoms with E-state index >= 15 is 0 Å². The Morgan fingerprint density at radius 1 is 1.14 bits per heavy atom. The molecule has 1 saturated carbocycles. The molecule has 1 heterocycles. The van der Waals surface area contributed by atoms with Crippen molar-refractivity contribution in [2.45, 2.75) is 37.7 Å². The normalized spacial score (nSPS) is 15.4. The number of benzene rings is 2. The van der Waals surface area contributed by atoms with Gasteiger partial charge in [0.25, 0.3) is 0 Å². The molecule has 150 valence electrons. The summed E-state index contributed by atoms with van der Waals surface area (Å²) in [5, 5.41) is 0.671. The Kier molecular flexibility index (Phi) is 5.09. The summed E-state index contributed by atoms with van der Waals surface area (Å²) in [6.07, 6.45) is 2.99. The minimum Gasteiger partial charge on any atom is -0.497 e. The summed E-state index contributed by atoms with van der Waals surface area (Å²) in [5.74, 6) is -0.205. The van der Waals surface area contributed by atoms with Crippen LogP contribution < -0.4 is 10.4 Å². The van der Waals surface area contributed by atoms with Crippen molar-refractivity contribution in [2.24, 2.45) is 0 Å². The van der Waals surface area contributed by atoms with E-state index in [2.05, 4.69) is 0 Å². The Balaban J connectivity index is 1.63. The van der Waals surface area contributed by atoms with Crippen LogP contribution >= 0.6 is 0 Å². The van der Waals surface area contributed by atoms with Crippen LogP contribution in [0, 0.1) is 5.82 Å². The molecule has 1 aromatic heterocycles. The lowest BCUT2D eigenvalue weighted by atomic mass is 9.79. The van der Waals surface area contributed by atoms with Crippen molar-refractivity contribution in [1.82, 2.24) is 0 Å². The molecule has 0 N–H and O–H groups in total. The summed E-state index contributed by atoms with van der Waals surface area (Å²) in [7, 11) is 1.53. The van der Waals surface area contributed by atoms with Crippen molar-refractivity contribution < 1.29 is 23.1 Å². The topological polar surface area (TPSA) is 65.7 Å². The molecule has 4 rings (SSSR count). The standard InChI is InChI=1S/C23H21FO5/c1-27-18-7-8-19-15(11-21(25)29-20(19)13-18)14-28-22(26)23(9-2-3-10-23)16-5-4-6-17(24)12-16/h4-8,11-13H,2-3,9-10,14H2,1H3. The minimum absolute atomic E-state index is 0.0652. The van der Waals surface area contributed by atoms with Gasteiger partial charge < -0.3 is 13.9 Å². The number of carbonyl (C=O) groups excluding carboxylic acids is 1. The van der Waals surface area contributed by atoms with E-state index in [0.717, 1.165) is 12.8 Å². The van der Waals surface area contributed by atoms with Gasteiger partial charge >= 0.3 is 11.6 Å². The van der Waals surface area contributed by atoms with Gasteiger partial charge in [-0.05, 0) is 42.7 Å². The summed E-state index contributed by atoms with van der Waals surface area (Å²) in [6, 6.07) is 12.6. The lowest BCUT2D eigenvalue weighted by Gasteiger charge is -2.27. The third kappa shape index (κ3) is 3.62. The molecule has 29 heavy (non-hydrogen) atoms. The van der Waals surface area contributed by atoms with E-state index < -0.39 is 17.0 Å². The van der Waals surface area contributed by atoms with E-state index in [1.165, 1.54) is 25.3 Å². The SMILES string of the molecule is COc1ccc2c(COC(=O)C3(c4cccc(F)c4)CCCC3)cc(=O)oc2c1. The number of esters is 1. The molecule has 1 aliphatic carbocycles. The van der Waals surface area contributed by atoms with E-state index in [1.54, 1.807) is 30.3 Å². The number of ether oxygens (including phenoxy) is 2. The summed E-state index contributed by atoms with van der Waals surface area (Å²) < 4.78 is 29.8. The summed E-state index contributed by atoms with van der Waals surface area (Å²) in [6.45, 7) is -0.0652. The zero-order valence-corrected chi connectivity index (χ0v) is 16.1.